The Morgan fingerprint density at radius 3 is 2.69 bits per heavy atom. The van der Waals surface area contributed by atoms with Crippen LogP contribution in [0.15, 0.2) is 24.3 Å². The number of amides is 3. The summed E-state index contributed by atoms with van der Waals surface area (Å²) in [6.07, 6.45) is -4.35. The summed E-state index contributed by atoms with van der Waals surface area (Å²) in [5.41, 5.74) is -0.730. The molecule has 1 unspecified atom stereocenters. The monoisotopic (exact) mass is 373 g/mol. The van der Waals surface area contributed by atoms with Gasteiger partial charge in [-0.05, 0) is 24.6 Å². The maximum atomic E-state index is 12.8. The van der Waals surface area contributed by atoms with Crippen LogP contribution >= 0.6 is 0 Å². The molecule has 1 aromatic rings. The van der Waals surface area contributed by atoms with Gasteiger partial charge in [0.2, 0.25) is 5.91 Å². The average molecular weight is 373 g/mol. The number of carboxylic acids is 1. The molecule has 0 aromatic heterocycles. The lowest BCUT2D eigenvalue weighted by Gasteiger charge is -2.19. The van der Waals surface area contributed by atoms with Crippen molar-refractivity contribution in [2.75, 3.05) is 18.0 Å². The van der Waals surface area contributed by atoms with Gasteiger partial charge in [0.1, 0.15) is 0 Å². The van der Waals surface area contributed by atoms with Crippen molar-refractivity contribution in [3.63, 3.8) is 0 Å². The van der Waals surface area contributed by atoms with E-state index >= 15 is 0 Å². The molecule has 1 atom stereocenters. The number of aliphatic carboxylic acids is 1. The molecule has 0 spiro atoms. The molecule has 10 heteroatoms. The van der Waals surface area contributed by atoms with Crippen molar-refractivity contribution in [2.45, 2.75) is 31.5 Å². The van der Waals surface area contributed by atoms with Gasteiger partial charge in [-0.15, -0.1) is 0 Å². The third kappa shape index (κ3) is 5.36. The van der Waals surface area contributed by atoms with Crippen LogP contribution < -0.4 is 15.5 Å². The lowest BCUT2D eigenvalue weighted by molar-refractivity contribution is -0.138. The number of carboxylic acid groups (broad SMARTS) is 1. The van der Waals surface area contributed by atoms with Crippen LogP contribution in [-0.2, 0) is 15.8 Å². The fourth-order valence-corrected chi connectivity index (χ4v) is 2.58. The summed E-state index contributed by atoms with van der Waals surface area (Å²) < 4.78 is 38.4. The molecule has 0 saturated carbocycles. The summed E-state index contributed by atoms with van der Waals surface area (Å²) in [4.78, 5) is 35.4. The molecule has 0 bridgehead atoms. The SMILES string of the molecule is O=C(O)CCCNC(=O)NC1CC(=O)N(c2cccc(C(F)(F)F)c2)C1. The zero-order valence-corrected chi connectivity index (χ0v) is 13.7. The number of benzene rings is 1. The van der Waals surface area contributed by atoms with E-state index in [2.05, 4.69) is 10.6 Å². The predicted molar refractivity (Wildman–Crippen MR) is 85.6 cm³/mol. The molecular weight excluding hydrogens is 355 g/mol. The van der Waals surface area contributed by atoms with Gasteiger partial charge in [0, 0.05) is 31.6 Å². The van der Waals surface area contributed by atoms with Gasteiger partial charge in [0.15, 0.2) is 0 Å². The van der Waals surface area contributed by atoms with Crippen molar-refractivity contribution in [2.24, 2.45) is 0 Å². The highest BCUT2D eigenvalue weighted by atomic mass is 19.4. The van der Waals surface area contributed by atoms with E-state index in [0.29, 0.717) is 0 Å². The summed E-state index contributed by atoms with van der Waals surface area (Å²) >= 11 is 0. The predicted octanol–water partition coefficient (Wildman–Crippen LogP) is 1.97. The fraction of sp³-hybridized carbons (Fsp3) is 0.438. The van der Waals surface area contributed by atoms with Gasteiger partial charge in [-0.1, -0.05) is 6.07 Å². The number of alkyl halides is 3. The first-order chi connectivity index (χ1) is 12.2. The lowest BCUT2D eigenvalue weighted by atomic mass is 10.2. The molecule has 26 heavy (non-hydrogen) atoms. The number of hydrogen-bond donors (Lipinski definition) is 3. The Bertz CT molecular complexity index is 694. The molecule has 0 radical (unpaired) electrons. The first-order valence-corrected chi connectivity index (χ1v) is 7.90. The molecule has 1 aliphatic heterocycles. The standard InChI is InChI=1S/C16H18F3N3O4/c17-16(18,19)10-3-1-4-12(7-10)22-9-11(8-13(22)23)21-15(26)20-6-2-5-14(24)25/h1,3-4,7,11H,2,5-6,8-9H2,(H,24,25)(H2,20,21,26). The van der Waals surface area contributed by atoms with Crippen molar-refractivity contribution >= 4 is 23.6 Å². The minimum Gasteiger partial charge on any atom is -0.481 e. The van der Waals surface area contributed by atoms with Crippen LogP contribution in [0.2, 0.25) is 0 Å². The van der Waals surface area contributed by atoms with Crippen LogP contribution in [0.25, 0.3) is 0 Å². The number of anilines is 1. The summed E-state index contributed by atoms with van der Waals surface area (Å²) in [7, 11) is 0. The number of halogens is 3. The van der Waals surface area contributed by atoms with Gasteiger partial charge in [0.05, 0.1) is 11.6 Å². The Morgan fingerprint density at radius 1 is 1.31 bits per heavy atom. The van der Waals surface area contributed by atoms with Gasteiger partial charge in [-0.2, -0.15) is 13.2 Å². The number of nitrogens with one attached hydrogen (secondary N) is 2. The molecule has 2 rings (SSSR count). The number of urea groups is 1. The van der Waals surface area contributed by atoms with Crippen molar-refractivity contribution in [1.29, 1.82) is 0 Å². The van der Waals surface area contributed by atoms with E-state index < -0.39 is 29.8 Å². The van der Waals surface area contributed by atoms with Crippen LogP contribution in [0.4, 0.5) is 23.7 Å². The van der Waals surface area contributed by atoms with E-state index in [-0.39, 0.29) is 43.9 Å². The van der Waals surface area contributed by atoms with Crippen molar-refractivity contribution in [3.05, 3.63) is 29.8 Å². The smallest absolute Gasteiger partial charge is 0.416 e. The van der Waals surface area contributed by atoms with Crippen LogP contribution in [0.5, 0.6) is 0 Å². The fourth-order valence-electron chi connectivity index (χ4n) is 2.58. The van der Waals surface area contributed by atoms with Crippen LogP contribution in [0.3, 0.4) is 0 Å². The zero-order chi connectivity index (χ0) is 19.3. The Morgan fingerprint density at radius 2 is 2.04 bits per heavy atom. The normalized spacial score (nSPS) is 17.3. The average Bonchev–Trinajstić information content (AvgIpc) is 2.91. The van der Waals surface area contributed by atoms with E-state index in [4.69, 9.17) is 5.11 Å². The van der Waals surface area contributed by atoms with Gasteiger partial charge in [-0.25, -0.2) is 4.79 Å². The number of hydrogen-bond acceptors (Lipinski definition) is 3. The quantitative estimate of drug-likeness (QED) is 0.664. The Kier molecular flexibility index (Phi) is 6.06. The molecular formula is C16H18F3N3O4. The van der Waals surface area contributed by atoms with Crippen molar-refractivity contribution in [3.8, 4) is 0 Å². The third-order valence-corrected chi connectivity index (χ3v) is 3.80. The van der Waals surface area contributed by atoms with E-state index in [9.17, 15) is 27.6 Å². The minimum atomic E-state index is -4.51. The highest BCUT2D eigenvalue weighted by Gasteiger charge is 2.34. The zero-order valence-electron chi connectivity index (χ0n) is 13.7. The molecule has 1 fully saturated rings. The number of nitrogens with zero attached hydrogens (tertiary/aromatic N) is 1. The third-order valence-electron chi connectivity index (χ3n) is 3.80. The Hall–Kier alpha value is -2.78. The van der Waals surface area contributed by atoms with Gasteiger partial charge in [0.25, 0.3) is 0 Å². The molecule has 1 aromatic carbocycles. The molecule has 0 aliphatic carbocycles. The topological polar surface area (TPSA) is 98.7 Å². The highest BCUT2D eigenvalue weighted by molar-refractivity contribution is 5.96. The van der Waals surface area contributed by atoms with E-state index in [0.717, 1.165) is 12.1 Å². The molecule has 1 aliphatic rings. The second kappa shape index (κ2) is 8.07. The first kappa shape index (κ1) is 19.5. The molecule has 7 nitrogen and oxygen atoms in total. The first-order valence-electron chi connectivity index (χ1n) is 7.90. The van der Waals surface area contributed by atoms with Crippen LogP contribution in [-0.4, -0.2) is 42.1 Å². The van der Waals surface area contributed by atoms with Gasteiger partial charge in [-0.3, -0.25) is 9.59 Å². The van der Waals surface area contributed by atoms with Gasteiger partial charge < -0.3 is 20.6 Å². The minimum absolute atomic E-state index is 0.0290. The molecule has 1 heterocycles. The summed E-state index contributed by atoms with van der Waals surface area (Å²) in [6.45, 7) is 0.221. The summed E-state index contributed by atoms with van der Waals surface area (Å²) in [5, 5.41) is 13.5. The van der Waals surface area contributed by atoms with Crippen LogP contribution in [0.1, 0.15) is 24.8 Å². The van der Waals surface area contributed by atoms with Crippen molar-refractivity contribution < 1.29 is 32.7 Å². The number of carbonyl (C=O) groups is 3. The number of rotatable bonds is 6. The lowest BCUT2D eigenvalue weighted by Crippen LogP contribution is -2.43. The second-order valence-corrected chi connectivity index (χ2v) is 5.85. The van der Waals surface area contributed by atoms with E-state index in [1.165, 1.54) is 17.0 Å². The van der Waals surface area contributed by atoms with Crippen LogP contribution in [0, 0.1) is 0 Å². The van der Waals surface area contributed by atoms with Crippen molar-refractivity contribution in [1.82, 2.24) is 10.6 Å². The molecule has 3 amide bonds. The summed E-state index contributed by atoms with van der Waals surface area (Å²) in [6, 6.07) is 3.34. The second-order valence-electron chi connectivity index (χ2n) is 5.85. The van der Waals surface area contributed by atoms with Gasteiger partial charge >= 0.3 is 18.2 Å². The molecule has 3 N–H and O–H groups in total. The van der Waals surface area contributed by atoms with E-state index in [1.807, 2.05) is 0 Å². The summed E-state index contributed by atoms with van der Waals surface area (Å²) in [5.74, 6) is -1.36. The molecule has 1 saturated heterocycles. The number of carbonyl (C=O) groups excluding carboxylic acids is 2. The largest absolute Gasteiger partial charge is 0.481 e. The maximum absolute atomic E-state index is 12.8. The Balaban J connectivity index is 1.90. The van der Waals surface area contributed by atoms with E-state index in [1.54, 1.807) is 0 Å². The molecule has 142 valence electrons. The Labute approximate surface area is 147 Å². The maximum Gasteiger partial charge on any atom is 0.416 e. The highest BCUT2D eigenvalue weighted by Crippen LogP contribution is 2.32.